The van der Waals surface area contributed by atoms with E-state index in [2.05, 4.69) is 41.2 Å². The van der Waals surface area contributed by atoms with Gasteiger partial charge in [-0.3, -0.25) is 4.79 Å². The van der Waals surface area contributed by atoms with Crippen molar-refractivity contribution in [1.29, 1.82) is 0 Å². The topological polar surface area (TPSA) is 73.3 Å². The van der Waals surface area contributed by atoms with Crippen molar-refractivity contribution in [2.24, 2.45) is 5.73 Å². The molecule has 1 amide bonds. The van der Waals surface area contributed by atoms with Gasteiger partial charge >= 0.3 is 0 Å². The number of imidazole rings is 1. The number of carbonyl (C=O) groups excluding carboxylic acids is 1. The molecule has 0 fully saturated rings. The van der Waals surface area contributed by atoms with Crippen molar-refractivity contribution in [3.05, 3.63) is 53.9 Å². The minimum atomic E-state index is -1.47. The van der Waals surface area contributed by atoms with E-state index in [-0.39, 0.29) is 0 Å². The number of carbonyl (C=O) groups is 1. The highest BCUT2D eigenvalue weighted by molar-refractivity contribution is 6.83. The minimum Gasteiger partial charge on any atom is -0.366 e. The number of primary amides is 1. The quantitative estimate of drug-likeness (QED) is 0.578. The highest BCUT2D eigenvalue weighted by atomic mass is 28.3. The van der Waals surface area contributed by atoms with Crippen LogP contribution in [-0.2, 0) is 0 Å². The van der Waals surface area contributed by atoms with Gasteiger partial charge in [-0.2, -0.15) is 5.10 Å². The first-order chi connectivity index (χ1) is 11.3. The molecular weight excluding hydrogens is 316 g/mol. The van der Waals surface area contributed by atoms with Crippen molar-refractivity contribution in [3.8, 4) is 22.7 Å². The van der Waals surface area contributed by atoms with Crippen LogP contribution in [-0.4, -0.2) is 28.6 Å². The first-order valence-corrected chi connectivity index (χ1v) is 11.1. The van der Waals surface area contributed by atoms with Crippen LogP contribution in [0.2, 0.25) is 19.6 Å². The summed E-state index contributed by atoms with van der Waals surface area (Å²) in [5.74, 6) is 2.76. The van der Waals surface area contributed by atoms with Crippen LogP contribution >= 0.6 is 0 Å². The number of hydrogen-bond acceptors (Lipinski definition) is 3. The number of amides is 1. The molecule has 24 heavy (non-hydrogen) atoms. The fourth-order valence-electron chi connectivity index (χ4n) is 2.17. The number of nitrogens with zero attached hydrogens (tertiary/aromatic N) is 3. The Morgan fingerprint density at radius 2 is 1.83 bits per heavy atom. The fraction of sp³-hybridized carbons (Fsp3) is 0.167. The van der Waals surface area contributed by atoms with Gasteiger partial charge in [0.25, 0.3) is 0 Å². The average molecular weight is 334 g/mol. The number of hydrogen-bond donors (Lipinski definition) is 1. The molecule has 3 rings (SSSR count). The largest absolute Gasteiger partial charge is 0.366 e. The van der Waals surface area contributed by atoms with Crippen molar-refractivity contribution >= 4 is 19.6 Å². The minimum absolute atomic E-state index is 0.441. The van der Waals surface area contributed by atoms with E-state index in [1.165, 1.54) is 0 Å². The van der Waals surface area contributed by atoms with Crippen molar-refractivity contribution in [2.45, 2.75) is 19.6 Å². The van der Waals surface area contributed by atoms with Crippen LogP contribution in [0.3, 0.4) is 0 Å². The zero-order chi connectivity index (χ0) is 17.3. The Hall–Kier alpha value is -2.91. The van der Waals surface area contributed by atoms with Crippen molar-refractivity contribution in [3.63, 3.8) is 0 Å². The lowest BCUT2D eigenvalue weighted by atomic mass is 10.1. The molecule has 3 aromatic rings. The number of aromatic nitrogens is 3. The van der Waals surface area contributed by atoms with E-state index >= 15 is 0 Å². The van der Waals surface area contributed by atoms with E-state index in [1.54, 1.807) is 22.8 Å². The summed E-state index contributed by atoms with van der Waals surface area (Å²) in [5.41, 5.74) is 12.3. The predicted octanol–water partition coefficient (Wildman–Crippen LogP) is 2.72. The van der Waals surface area contributed by atoms with Crippen LogP contribution < -0.4 is 5.73 Å². The normalized spacial score (nSPS) is 11.1. The lowest BCUT2D eigenvalue weighted by Gasteiger charge is -2.04. The molecule has 0 radical (unpaired) electrons. The van der Waals surface area contributed by atoms with E-state index in [0.717, 1.165) is 22.6 Å². The summed E-state index contributed by atoms with van der Waals surface area (Å²) in [7, 11) is -1.47. The summed E-state index contributed by atoms with van der Waals surface area (Å²) >= 11 is 0. The van der Waals surface area contributed by atoms with Gasteiger partial charge in [-0.05, 0) is 24.3 Å². The van der Waals surface area contributed by atoms with Crippen LogP contribution in [0.15, 0.2) is 42.6 Å². The fourth-order valence-corrected chi connectivity index (χ4v) is 2.67. The molecule has 0 atom stereocenters. The summed E-state index contributed by atoms with van der Waals surface area (Å²) < 4.78 is 1.75. The van der Waals surface area contributed by atoms with Crippen LogP contribution in [0.1, 0.15) is 16.1 Å². The molecular formula is C18H18N4OSi. The molecule has 1 aromatic carbocycles. The third-order valence-electron chi connectivity index (χ3n) is 3.39. The molecule has 2 N–H and O–H groups in total. The van der Waals surface area contributed by atoms with Gasteiger partial charge in [-0.1, -0.05) is 37.7 Å². The lowest BCUT2D eigenvalue weighted by molar-refractivity contribution is 0.100. The molecule has 0 bridgehead atoms. The maximum absolute atomic E-state index is 11.2. The summed E-state index contributed by atoms with van der Waals surface area (Å²) in [5, 5.41) is 4.63. The standard InChI is InChI=1S/C18H18N4OSi/c1-24(2,3)11-10-15-12-20-17-9-8-16(21-22(15)17)13-4-6-14(7-5-13)18(19)23/h4-9,12H,1-3H3,(H2,19,23). The van der Waals surface area contributed by atoms with Crippen LogP contribution in [0, 0.1) is 11.5 Å². The molecule has 2 heterocycles. The average Bonchev–Trinajstić information content (AvgIpc) is 2.94. The van der Waals surface area contributed by atoms with E-state index < -0.39 is 14.0 Å². The van der Waals surface area contributed by atoms with Crippen molar-refractivity contribution in [1.82, 2.24) is 14.6 Å². The summed E-state index contributed by atoms with van der Waals surface area (Å²) in [6.07, 6.45) is 1.75. The maximum Gasteiger partial charge on any atom is 0.248 e. The van der Waals surface area contributed by atoms with Gasteiger partial charge in [0, 0.05) is 11.1 Å². The van der Waals surface area contributed by atoms with E-state index in [4.69, 9.17) is 5.73 Å². The van der Waals surface area contributed by atoms with Crippen LogP contribution in [0.5, 0.6) is 0 Å². The molecule has 5 nitrogen and oxygen atoms in total. The van der Waals surface area contributed by atoms with Crippen molar-refractivity contribution in [2.75, 3.05) is 0 Å². The smallest absolute Gasteiger partial charge is 0.248 e. The number of rotatable bonds is 2. The van der Waals surface area contributed by atoms with Crippen LogP contribution in [0.4, 0.5) is 0 Å². The third-order valence-corrected chi connectivity index (χ3v) is 4.27. The molecule has 0 saturated carbocycles. The molecule has 0 aliphatic heterocycles. The monoisotopic (exact) mass is 334 g/mol. The molecule has 0 aliphatic carbocycles. The second-order valence-corrected chi connectivity index (χ2v) is 11.3. The Morgan fingerprint density at radius 1 is 1.12 bits per heavy atom. The molecule has 0 aliphatic rings. The van der Waals surface area contributed by atoms with Gasteiger partial charge in [0.2, 0.25) is 5.91 Å². The predicted molar refractivity (Wildman–Crippen MR) is 97.2 cm³/mol. The zero-order valence-corrected chi connectivity index (χ0v) is 14.9. The summed E-state index contributed by atoms with van der Waals surface area (Å²) in [6.45, 7) is 6.59. The van der Waals surface area contributed by atoms with Gasteiger partial charge in [0.15, 0.2) is 5.65 Å². The van der Waals surface area contributed by atoms with Gasteiger partial charge < -0.3 is 5.73 Å². The number of nitrogens with two attached hydrogens (primary N) is 1. The Labute approximate surface area is 141 Å². The second-order valence-electron chi connectivity index (χ2n) is 6.57. The maximum atomic E-state index is 11.2. The van der Waals surface area contributed by atoms with Crippen molar-refractivity contribution < 1.29 is 4.79 Å². The van der Waals surface area contributed by atoms with Gasteiger partial charge in [0.1, 0.15) is 13.8 Å². The summed E-state index contributed by atoms with van der Waals surface area (Å²) in [4.78, 5) is 15.5. The first kappa shape index (κ1) is 16.0. The molecule has 120 valence electrons. The molecule has 0 spiro atoms. The van der Waals surface area contributed by atoms with Gasteiger partial charge in [-0.15, -0.1) is 5.54 Å². The molecule has 0 saturated heterocycles. The first-order valence-electron chi connectivity index (χ1n) is 7.62. The highest BCUT2D eigenvalue weighted by Crippen LogP contribution is 2.18. The zero-order valence-electron chi connectivity index (χ0n) is 13.9. The Balaban J connectivity index is 2.04. The van der Waals surface area contributed by atoms with Crippen LogP contribution in [0.25, 0.3) is 16.9 Å². The second kappa shape index (κ2) is 5.94. The Kier molecular flexibility index (Phi) is 3.95. The summed E-state index contributed by atoms with van der Waals surface area (Å²) in [6, 6.07) is 10.9. The Morgan fingerprint density at radius 3 is 2.46 bits per heavy atom. The molecule has 0 unspecified atom stereocenters. The molecule has 2 aromatic heterocycles. The molecule has 6 heteroatoms. The SMILES string of the molecule is C[Si](C)(C)C#Cc1cnc2ccc(-c3ccc(C(N)=O)cc3)nn12. The lowest BCUT2D eigenvalue weighted by Crippen LogP contribution is -2.16. The van der Waals surface area contributed by atoms with Gasteiger partial charge in [-0.25, -0.2) is 9.50 Å². The third kappa shape index (κ3) is 3.36. The number of benzene rings is 1. The van der Waals surface area contributed by atoms with E-state index in [0.29, 0.717) is 5.56 Å². The highest BCUT2D eigenvalue weighted by Gasteiger charge is 2.10. The van der Waals surface area contributed by atoms with Gasteiger partial charge in [0.05, 0.1) is 11.9 Å². The number of fused-ring (bicyclic) bond motifs is 1. The Bertz CT molecular complexity index is 972. The van der Waals surface area contributed by atoms with E-state index in [9.17, 15) is 4.79 Å². The van der Waals surface area contributed by atoms with E-state index in [1.807, 2.05) is 24.3 Å².